The number of rotatable bonds is 5. The Bertz CT molecular complexity index is 1430. The first-order chi connectivity index (χ1) is 16.7. The van der Waals surface area contributed by atoms with E-state index in [0.29, 0.717) is 0 Å². The minimum atomic E-state index is 0.926. The predicted molar refractivity (Wildman–Crippen MR) is 132 cm³/mol. The van der Waals surface area contributed by atoms with Crippen LogP contribution in [0, 0.1) is 13.8 Å². The maximum atomic E-state index is 5.70. The zero-order chi connectivity index (χ0) is 23.1. The van der Waals surface area contributed by atoms with Crippen molar-refractivity contribution >= 4 is 0 Å². The van der Waals surface area contributed by atoms with Gasteiger partial charge in [0.2, 0.25) is 0 Å². The van der Waals surface area contributed by atoms with Crippen LogP contribution in [0.1, 0.15) is 11.1 Å². The Morgan fingerprint density at radius 2 is 0.559 bits per heavy atom. The number of furan rings is 4. The molecule has 4 aromatic heterocycles. The van der Waals surface area contributed by atoms with Crippen molar-refractivity contribution in [2.24, 2.45) is 0 Å². The van der Waals surface area contributed by atoms with Crippen LogP contribution in [0.4, 0.5) is 0 Å². The maximum Gasteiger partial charge on any atom is 0.0988 e. The first-order valence-corrected chi connectivity index (χ1v) is 11.1. The van der Waals surface area contributed by atoms with Gasteiger partial charge in [0.05, 0.1) is 50.1 Å². The van der Waals surface area contributed by atoms with Crippen molar-refractivity contribution in [1.82, 2.24) is 0 Å². The van der Waals surface area contributed by atoms with Crippen molar-refractivity contribution in [3.05, 3.63) is 110 Å². The summed E-state index contributed by atoms with van der Waals surface area (Å²) < 4.78 is 22.7. The summed E-state index contributed by atoms with van der Waals surface area (Å²) in [7, 11) is 0. The van der Waals surface area contributed by atoms with Crippen LogP contribution < -0.4 is 0 Å². The van der Waals surface area contributed by atoms with E-state index in [4.69, 9.17) is 17.7 Å². The van der Waals surface area contributed by atoms with Gasteiger partial charge in [0.1, 0.15) is 0 Å². The number of benzene rings is 2. The summed E-state index contributed by atoms with van der Waals surface area (Å²) in [5.74, 6) is 0. The summed E-state index contributed by atoms with van der Waals surface area (Å²) in [6, 6.07) is 16.8. The van der Waals surface area contributed by atoms with E-state index in [2.05, 4.69) is 62.4 Å². The number of aryl methyl sites for hydroxylation is 2. The van der Waals surface area contributed by atoms with E-state index >= 15 is 0 Å². The molecule has 6 aromatic rings. The van der Waals surface area contributed by atoms with E-state index < -0.39 is 0 Å². The van der Waals surface area contributed by atoms with Gasteiger partial charge in [-0.05, 0) is 25.0 Å². The van der Waals surface area contributed by atoms with Gasteiger partial charge in [-0.3, -0.25) is 0 Å². The molecular weight excluding hydrogens is 424 g/mol. The van der Waals surface area contributed by atoms with E-state index in [9.17, 15) is 0 Å². The fourth-order valence-corrected chi connectivity index (χ4v) is 4.35. The zero-order valence-electron chi connectivity index (χ0n) is 18.9. The van der Waals surface area contributed by atoms with E-state index in [1.165, 1.54) is 11.1 Å². The highest BCUT2D eigenvalue weighted by Gasteiger charge is 2.22. The molecule has 0 aliphatic heterocycles. The SMILES string of the molecule is Cc1ccc(-c2cocc2-c2cocc2-c2cocc2-c2cocc2-c2ccc(C)cc2)cc1. The molecule has 0 saturated heterocycles. The van der Waals surface area contributed by atoms with Gasteiger partial charge in [-0.1, -0.05) is 59.7 Å². The van der Waals surface area contributed by atoms with Gasteiger partial charge in [-0.25, -0.2) is 0 Å². The summed E-state index contributed by atoms with van der Waals surface area (Å²) in [6.45, 7) is 4.16. The van der Waals surface area contributed by atoms with Gasteiger partial charge in [0.15, 0.2) is 0 Å². The topological polar surface area (TPSA) is 52.6 Å². The lowest BCUT2D eigenvalue weighted by Crippen LogP contribution is -1.85. The molecule has 166 valence electrons. The predicted octanol–water partition coefficient (Wildman–Crippen LogP) is 9.01. The fourth-order valence-electron chi connectivity index (χ4n) is 4.35. The highest BCUT2D eigenvalue weighted by atomic mass is 16.3. The summed E-state index contributed by atoms with van der Waals surface area (Å²) in [4.78, 5) is 0. The van der Waals surface area contributed by atoms with Crippen molar-refractivity contribution in [1.29, 1.82) is 0 Å². The molecule has 0 fully saturated rings. The van der Waals surface area contributed by atoms with Gasteiger partial charge >= 0.3 is 0 Å². The van der Waals surface area contributed by atoms with E-state index in [0.717, 1.165) is 55.6 Å². The Balaban J connectivity index is 1.45. The molecule has 0 atom stereocenters. The molecular formula is C30H22O4. The van der Waals surface area contributed by atoms with Gasteiger partial charge < -0.3 is 17.7 Å². The molecule has 0 amide bonds. The molecule has 0 aliphatic carbocycles. The first-order valence-electron chi connectivity index (χ1n) is 11.1. The van der Waals surface area contributed by atoms with Crippen LogP contribution in [-0.4, -0.2) is 0 Å². The highest BCUT2D eigenvalue weighted by molar-refractivity contribution is 5.96. The molecule has 4 nitrogen and oxygen atoms in total. The molecule has 0 bridgehead atoms. The monoisotopic (exact) mass is 446 g/mol. The molecule has 4 heterocycles. The van der Waals surface area contributed by atoms with E-state index in [1.807, 2.05) is 0 Å². The van der Waals surface area contributed by atoms with Gasteiger partial charge in [0.25, 0.3) is 0 Å². The molecule has 0 N–H and O–H groups in total. The summed E-state index contributed by atoms with van der Waals surface area (Å²) in [5.41, 5.74) is 12.3. The van der Waals surface area contributed by atoms with Crippen molar-refractivity contribution in [3.63, 3.8) is 0 Å². The highest BCUT2D eigenvalue weighted by Crippen LogP contribution is 2.45. The largest absolute Gasteiger partial charge is 0.471 e. The normalized spacial score (nSPS) is 11.2. The number of hydrogen-bond donors (Lipinski definition) is 0. The van der Waals surface area contributed by atoms with Crippen LogP contribution >= 0.6 is 0 Å². The van der Waals surface area contributed by atoms with Crippen molar-refractivity contribution < 1.29 is 17.7 Å². The van der Waals surface area contributed by atoms with Crippen molar-refractivity contribution in [2.75, 3.05) is 0 Å². The quantitative estimate of drug-likeness (QED) is 0.265. The minimum Gasteiger partial charge on any atom is -0.471 e. The van der Waals surface area contributed by atoms with E-state index in [1.54, 1.807) is 50.1 Å². The lowest BCUT2D eigenvalue weighted by molar-refractivity contribution is 0.564. The molecule has 0 spiro atoms. The fraction of sp³-hybridized carbons (Fsp3) is 0.0667. The summed E-state index contributed by atoms with van der Waals surface area (Å²) >= 11 is 0. The minimum absolute atomic E-state index is 0.926. The molecule has 0 radical (unpaired) electrons. The van der Waals surface area contributed by atoms with Gasteiger partial charge in [-0.2, -0.15) is 0 Å². The summed E-state index contributed by atoms with van der Waals surface area (Å²) in [5, 5.41) is 0. The third kappa shape index (κ3) is 3.41. The third-order valence-electron chi connectivity index (χ3n) is 6.24. The van der Waals surface area contributed by atoms with Crippen molar-refractivity contribution in [3.8, 4) is 55.6 Å². The molecule has 6 rings (SSSR count). The lowest BCUT2D eigenvalue weighted by Gasteiger charge is -2.07. The molecule has 4 heteroatoms. The maximum absolute atomic E-state index is 5.70. The second-order valence-corrected chi connectivity index (χ2v) is 8.53. The Hall–Kier alpha value is -4.44. The number of hydrogen-bond acceptors (Lipinski definition) is 4. The molecule has 2 aromatic carbocycles. The lowest BCUT2D eigenvalue weighted by atomic mass is 9.92. The zero-order valence-corrected chi connectivity index (χ0v) is 18.9. The Morgan fingerprint density at radius 1 is 0.324 bits per heavy atom. The molecule has 0 aliphatic rings. The first kappa shape index (κ1) is 20.2. The Morgan fingerprint density at radius 3 is 0.853 bits per heavy atom. The second-order valence-electron chi connectivity index (χ2n) is 8.53. The average Bonchev–Trinajstić information content (AvgIpc) is 3.65. The Kier molecular flexibility index (Phi) is 4.84. The van der Waals surface area contributed by atoms with Crippen LogP contribution in [0.2, 0.25) is 0 Å². The standard InChI is InChI=1S/C30H22O4/c1-19-3-7-21(8-4-19)23-11-31-13-25(23)27-15-33-17-29(27)30-18-34-16-28(30)26-14-32-12-24(26)22-9-5-20(2)6-10-22/h3-18H,1-2H3. The molecule has 34 heavy (non-hydrogen) atoms. The molecule has 0 saturated carbocycles. The van der Waals surface area contributed by atoms with Crippen LogP contribution in [0.3, 0.4) is 0 Å². The van der Waals surface area contributed by atoms with Gasteiger partial charge in [-0.15, -0.1) is 0 Å². The van der Waals surface area contributed by atoms with Crippen LogP contribution in [0.5, 0.6) is 0 Å². The van der Waals surface area contributed by atoms with Crippen LogP contribution in [0.15, 0.2) is 116 Å². The van der Waals surface area contributed by atoms with E-state index in [-0.39, 0.29) is 0 Å². The Labute approximate surface area is 197 Å². The van der Waals surface area contributed by atoms with Crippen molar-refractivity contribution in [2.45, 2.75) is 13.8 Å². The third-order valence-corrected chi connectivity index (χ3v) is 6.24. The van der Waals surface area contributed by atoms with Crippen LogP contribution in [-0.2, 0) is 0 Å². The van der Waals surface area contributed by atoms with Gasteiger partial charge in [0, 0.05) is 44.5 Å². The summed E-state index contributed by atoms with van der Waals surface area (Å²) in [6.07, 6.45) is 14.1. The smallest absolute Gasteiger partial charge is 0.0988 e. The molecule has 0 unspecified atom stereocenters. The second kappa shape index (κ2) is 8.16. The van der Waals surface area contributed by atoms with Crippen LogP contribution in [0.25, 0.3) is 55.6 Å². The average molecular weight is 447 g/mol.